The number of pyridine rings is 1. The summed E-state index contributed by atoms with van der Waals surface area (Å²) < 4.78 is 2.97. The Morgan fingerprint density at radius 1 is 1.15 bits per heavy atom. The van der Waals surface area contributed by atoms with Crippen LogP contribution in [0.25, 0.3) is 5.69 Å². The van der Waals surface area contributed by atoms with Crippen LogP contribution in [-0.2, 0) is 6.54 Å². The van der Waals surface area contributed by atoms with Crippen LogP contribution in [-0.4, -0.2) is 14.5 Å². The molecule has 0 unspecified atom stereocenters. The number of hydrogen-bond donors (Lipinski definition) is 1. The fourth-order valence-corrected chi connectivity index (χ4v) is 2.18. The van der Waals surface area contributed by atoms with E-state index in [0.717, 1.165) is 21.5 Å². The van der Waals surface area contributed by atoms with E-state index in [4.69, 9.17) is 0 Å². The Morgan fingerprint density at radius 3 is 2.80 bits per heavy atom. The monoisotopic (exact) mass is 328 g/mol. The highest BCUT2D eigenvalue weighted by Gasteiger charge is 2.03. The molecular formula is C15H13BrN4. The van der Waals surface area contributed by atoms with E-state index >= 15 is 0 Å². The van der Waals surface area contributed by atoms with Crippen LogP contribution < -0.4 is 5.32 Å². The predicted octanol–water partition coefficient (Wildman–Crippen LogP) is 3.64. The lowest BCUT2D eigenvalue weighted by molar-refractivity contribution is 1.01. The third-order valence-electron chi connectivity index (χ3n) is 2.94. The van der Waals surface area contributed by atoms with Gasteiger partial charge in [-0.25, -0.2) is 4.98 Å². The zero-order valence-electron chi connectivity index (χ0n) is 10.7. The Labute approximate surface area is 125 Å². The number of anilines is 1. The number of rotatable bonds is 4. The highest BCUT2D eigenvalue weighted by Crippen LogP contribution is 2.20. The van der Waals surface area contributed by atoms with E-state index in [2.05, 4.69) is 37.3 Å². The average molecular weight is 329 g/mol. The molecule has 4 nitrogen and oxygen atoms in total. The lowest BCUT2D eigenvalue weighted by Crippen LogP contribution is -2.04. The minimum absolute atomic E-state index is 0.680. The number of hydrogen-bond acceptors (Lipinski definition) is 3. The van der Waals surface area contributed by atoms with Gasteiger partial charge in [-0.1, -0.05) is 12.1 Å². The van der Waals surface area contributed by atoms with Crippen molar-refractivity contribution in [3.8, 4) is 5.69 Å². The van der Waals surface area contributed by atoms with Crippen LogP contribution >= 0.6 is 15.9 Å². The summed E-state index contributed by atoms with van der Waals surface area (Å²) in [4.78, 5) is 8.44. The second-order valence-electron chi connectivity index (χ2n) is 4.31. The first kappa shape index (κ1) is 12.9. The van der Waals surface area contributed by atoms with Gasteiger partial charge in [0.25, 0.3) is 0 Å². The summed E-state index contributed by atoms with van der Waals surface area (Å²) in [5.41, 5.74) is 3.12. The summed E-state index contributed by atoms with van der Waals surface area (Å²) in [7, 11) is 0. The molecule has 2 heterocycles. The molecule has 0 amide bonds. The largest absolute Gasteiger partial charge is 0.378 e. The van der Waals surface area contributed by atoms with Gasteiger partial charge in [-0.15, -0.1) is 0 Å². The van der Waals surface area contributed by atoms with Gasteiger partial charge < -0.3 is 9.88 Å². The fourth-order valence-electron chi connectivity index (χ4n) is 1.95. The van der Waals surface area contributed by atoms with E-state index in [1.807, 2.05) is 41.1 Å². The van der Waals surface area contributed by atoms with Crippen molar-refractivity contribution in [3.05, 3.63) is 71.5 Å². The molecule has 0 aliphatic heterocycles. The predicted molar refractivity (Wildman–Crippen MR) is 82.8 cm³/mol. The van der Waals surface area contributed by atoms with Crippen molar-refractivity contribution >= 4 is 21.6 Å². The van der Waals surface area contributed by atoms with Gasteiger partial charge >= 0.3 is 0 Å². The van der Waals surface area contributed by atoms with Crippen LogP contribution in [0, 0.1) is 0 Å². The van der Waals surface area contributed by atoms with E-state index in [1.54, 1.807) is 18.7 Å². The molecular weight excluding hydrogens is 316 g/mol. The number of para-hydroxylation sites is 2. The minimum Gasteiger partial charge on any atom is -0.378 e. The van der Waals surface area contributed by atoms with E-state index in [1.165, 1.54) is 0 Å². The first-order valence-electron chi connectivity index (χ1n) is 6.24. The van der Waals surface area contributed by atoms with Gasteiger partial charge in [-0.05, 0) is 40.2 Å². The van der Waals surface area contributed by atoms with Crippen molar-refractivity contribution in [2.75, 3.05) is 5.32 Å². The molecule has 2 aromatic heterocycles. The van der Waals surface area contributed by atoms with Crippen molar-refractivity contribution in [3.63, 3.8) is 0 Å². The van der Waals surface area contributed by atoms with Gasteiger partial charge in [0, 0.05) is 23.1 Å². The highest BCUT2D eigenvalue weighted by atomic mass is 79.9. The van der Waals surface area contributed by atoms with Crippen LogP contribution in [0.3, 0.4) is 0 Å². The van der Waals surface area contributed by atoms with Crippen molar-refractivity contribution in [2.45, 2.75) is 6.54 Å². The van der Waals surface area contributed by atoms with Crippen LogP contribution in [0.2, 0.25) is 0 Å². The van der Waals surface area contributed by atoms with E-state index in [-0.39, 0.29) is 0 Å². The summed E-state index contributed by atoms with van der Waals surface area (Å²) in [5, 5.41) is 3.41. The molecule has 0 atom stereocenters. The molecule has 20 heavy (non-hydrogen) atoms. The molecule has 0 saturated heterocycles. The molecule has 0 bridgehead atoms. The number of aromatic nitrogens is 3. The Balaban J connectivity index is 1.79. The number of nitrogens with zero attached hydrogens (tertiary/aromatic N) is 3. The highest BCUT2D eigenvalue weighted by molar-refractivity contribution is 9.10. The lowest BCUT2D eigenvalue weighted by Gasteiger charge is -2.12. The first-order chi connectivity index (χ1) is 9.83. The van der Waals surface area contributed by atoms with Crippen LogP contribution in [0.1, 0.15) is 5.69 Å². The molecule has 0 fully saturated rings. The Kier molecular flexibility index (Phi) is 3.78. The van der Waals surface area contributed by atoms with Crippen molar-refractivity contribution in [1.82, 2.24) is 14.5 Å². The number of halogens is 1. The van der Waals surface area contributed by atoms with E-state index in [0.29, 0.717) is 6.54 Å². The summed E-state index contributed by atoms with van der Waals surface area (Å²) >= 11 is 3.39. The van der Waals surface area contributed by atoms with Crippen molar-refractivity contribution in [1.29, 1.82) is 0 Å². The summed E-state index contributed by atoms with van der Waals surface area (Å²) in [6.07, 6.45) is 7.29. The number of benzene rings is 1. The SMILES string of the molecule is Brc1ccc(CNc2ccccc2-n2ccnc2)nc1. The third-order valence-corrected chi connectivity index (χ3v) is 3.40. The first-order valence-corrected chi connectivity index (χ1v) is 7.04. The molecule has 0 radical (unpaired) electrons. The molecule has 0 aliphatic rings. The maximum Gasteiger partial charge on any atom is 0.0992 e. The molecule has 3 aromatic rings. The van der Waals surface area contributed by atoms with Gasteiger partial charge in [0.15, 0.2) is 0 Å². The van der Waals surface area contributed by atoms with Crippen molar-refractivity contribution in [2.24, 2.45) is 0 Å². The molecule has 1 N–H and O–H groups in total. The van der Waals surface area contributed by atoms with Gasteiger partial charge in [-0.2, -0.15) is 0 Å². The Bertz CT molecular complexity index is 677. The fraction of sp³-hybridized carbons (Fsp3) is 0.0667. The quantitative estimate of drug-likeness (QED) is 0.795. The number of nitrogens with one attached hydrogen (secondary N) is 1. The molecule has 0 aliphatic carbocycles. The molecule has 0 saturated carbocycles. The second-order valence-corrected chi connectivity index (χ2v) is 5.22. The smallest absolute Gasteiger partial charge is 0.0992 e. The lowest BCUT2D eigenvalue weighted by atomic mass is 10.2. The van der Waals surface area contributed by atoms with E-state index in [9.17, 15) is 0 Å². The van der Waals surface area contributed by atoms with Gasteiger partial charge in [0.2, 0.25) is 0 Å². The van der Waals surface area contributed by atoms with E-state index < -0.39 is 0 Å². The molecule has 3 rings (SSSR count). The van der Waals surface area contributed by atoms with Crippen LogP contribution in [0.15, 0.2) is 65.8 Å². The Hall–Kier alpha value is -2.14. The standard InChI is InChI=1S/C15H13BrN4/c16-12-5-6-13(18-9-12)10-19-14-3-1-2-4-15(14)20-8-7-17-11-20/h1-9,11,19H,10H2. The van der Waals surface area contributed by atoms with Gasteiger partial charge in [0.05, 0.1) is 29.9 Å². The molecule has 100 valence electrons. The number of imidazole rings is 1. The average Bonchev–Trinajstić information content (AvgIpc) is 3.01. The molecule has 5 heteroatoms. The Morgan fingerprint density at radius 2 is 2.05 bits per heavy atom. The zero-order chi connectivity index (χ0) is 13.8. The maximum absolute atomic E-state index is 4.36. The molecule has 0 spiro atoms. The van der Waals surface area contributed by atoms with Gasteiger partial charge in [0.1, 0.15) is 0 Å². The van der Waals surface area contributed by atoms with Gasteiger partial charge in [-0.3, -0.25) is 4.98 Å². The third kappa shape index (κ3) is 2.88. The molecule has 1 aromatic carbocycles. The van der Waals surface area contributed by atoms with Crippen molar-refractivity contribution < 1.29 is 0 Å². The topological polar surface area (TPSA) is 42.7 Å². The van der Waals surface area contributed by atoms with Crippen LogP contribution in [0.5, 0.6) is 0 Å². The normalized spacial score (nSPS) is 10.4. The second kappa shape index (κ2) is 5.88. The van der Waals surface area contributed by atoms with Crippen LogP contribution in [0.4, 0.5) is 5.69 Å². The summed E-state index contributed by atoms with van der Waals surface area (Å²) in [5.74, 6) is 0. The minimum atomic E-state index is 0.680. The summed E-state index contributed by atoms with van der Waals surface area (Å²) in [6.45, 7) is 0.680. The zero-order valence-corrected chi connectivity index (χ0v) is 12.3. The maximum atomic E-state index is 4.36. The summed E-state index contributed by atoms with van der Waals surface area (Å²) in [6, 6.07) is 12.1.